The number of nitrogens with zero attached hydrogens (tertiary/aromatic N) is 2. The van der Waals surface area contributed by atoms with Crippen LogP contribution in [0.1, 0.15) is 40.8 Å². The summed E-state index contributed by atoms with van der Waals surface area (Å²) in [5, 5.41) is 0. The zero-order valence-electron chi connectivity index (χ0n) is 19.0. The van der Waals surface area contributed by atoms with E-state index >= 15 is 0 Å². The fourth-order valence-corrected chi connectivity index (χ4v) is 4.93. The highest BCUT2D eigenvalue weighted by atomic mass is 16.6. The van der Waals surface area contributed by atoms with Crippen LogP contribution in [0.3, 0.4) is 0 Å². The second kappa shape index (κ2) is 8.74. The third-order valence-corrected chi connectivity index (χ3v) is 6.77. The molecule has 0 bridgehead atoms. The zero-order valence-corrected chi connectivity index (χ0v) is 19.0. The molecule has 0 aliphatic carbocycles. The van der Waals surface area contributed by atoms with Crippen molar-refractivity contribution in [3.63, 3.8) is 0 Å². The molecule has 5 rings (SSSR count). The van der Waals surface area contributed by atoms with Gasteiger partial charge in [0.25, 0.3) is 5.91 Å². The summed E-state index contributed by atoms with van der Waals surface area (Å²) < 4.78 is 5.69. The number of hydrogen-bond donors (Lipinski definition) is 0. The SMILES string of the molecule is Cc1ccc(OC(=O)N2CCc3ccccc3C2C(=O)N2Cc3ccccc3C[C@H]2C)cc1. The molecule has 0 saturated carbocycles. The Kier molecular flexibility index (Phi) is 5.63. The Balaban J connectivity index is 1.46. The Morgan fingerprint density at radius 2 is 1.52 bits per heavy atom. The maximum absolute atomic E-state index is 14.0. The van der Waals surface area contributed by atoms with Crippen LogP contribution < -0.4 is 4.74 Å². The number of fused-ring (bicyclic) bond motifs is 2. The van der Waals surface area contributed by atoms with Gasteiger partial charge in [0.05, 0.1) is 0 Å². The number of amides is 2. The molecule has 3 aromatic carbocycles. The molecule has 2 aliphatic rings. The zero-order chi connectivity index (χ0) is 22.9. The van der Waals surface area contributed by atoms with Gasteiger partial charge in [-0.05, 0) is 61.1 Å². The minimum atomic E-state index is -0.694. The van der Waals surface area contributed by atoms with Gasteiger partial charge in [-0.25, -0.2) is 4.79 Å². The molecule has 5 heteroatoms. The Morgan fingerprint density at radius 3 is 2.27 bits per heavy atom. The minimum absolute atomic E-state index is 0.0509. The highest BCUT2D eigenvalue weighted by Gasteiger charge is 2.41. The van der Waals surface area contributed by atoms with Crippen LogP contribution in [0, 0.1) is 6.92 Å². The highest BCUT2D eigenvalue weighted by molar-refractivity contribution is 5.88. The van der Waals surface area contributed by atoms with E-state index in [9.17, 15) is 9.59 Å². The standard InChI is InChI=1S/C28H28N2O3/c1-19-11-13-24(14-12-19)33-28(32)29-16-15-21-7-5-6-10-25(21)26(29)27(31)30-18-23-9-4-3-8-22(23)17-20(30)2/h3-14,20,26H,15-18H2,1-2H3/t20-,26?/m1/s1. The van der Waals surface area contributed by atoms with Gasteiger partial charge in [0, 0.05) is 19.1 Å². The molecule has 5 nitrogen and oxygen atoms in total. The normalized spacial score (nSPS) is 19.5. The van der Waals surface area contributed by atoms with Crippen LogP contribution >= 0.6 is 0 Å². The first-order valence-electron chi connectivity index (χ1n) is 11.5. The van der Waals surface area contributed by atoms with E-state index in [0.29, 0.717) is 25.3 Å². The highest BCUT2D eigenvalue weighted by Crippen LogP contribution is 2.35. The van der Waals surface area contributed by atoms with E-state index in [4.69, 9.17) is 4.74 Å². The third kappa shape index (κ3) is 4.11. The lowest BCUT2D eigenvalue weighted by Crippen LogP contribution is -2.52. The molecule has 0 fully saturated rings. The van der Waals surface area contributed by atoms with Crippen molar-refractivity contribution in [2.24, 2.45) is 0 Å². The lowest BCUT2D eigenvalue weighted by molar-refractivity contribution is -0.140. The monoisotopic (exact) mass is 440 g/mol. The first kappa shape index (κ1) is 21.3. The number of carbonyl (C=O) groups is 2. The molecule has 0 spiro atoms. The van der Waals surface area contributed by atoms with Crippen molar-refractivity contribution in [3.05, 3.63) is 101 Å². The Labute approximate surface area is 194 Å². The number of benzene rings is 3. The number of rotatable bonds is 2. The summed E-state index contributed by atoms with van der Waals surface area (Å²) in [4.78, 5) is 30.8. The molecule has 168 valence electrons. The summed E-state index contributed by atoms with van der Waals surface area (Å²) in [6.45, 7) is 5.06. The molecule has 2 amide bonds. The van der Waals surface area contributed by atoms with Gasteiger partial charge in [-0.3, -0.25) is 9.69 Å². The van der Waals surface area contributed by atoms with E-state index in [-0.39, 0.29) is 11.9 Å². The van der Waals surface area contributed by atoms with Crippen molar-refractivity contribution in [1.29, 1.82) is 0 Å². The van der Waals surface area contributed by atoms with Gasteiger partial charge in [0.2, 0.25) is 0 Å². The lowest BCUT2D eigenvalue weighted by Gasteiger charge is -2.42. The average molecular weight is 441 g/mol. The van der Waals surface area contributed by atoms with E-state index in [2.05, 4.69) is 19.1 Å². The van der Waals surface area contributed by atoms with E-state index < -0.39 is 12.1 Å². The predicted molar refractivity (Wildman–Crippen MR) is 127 cm³/mol. The topological polar surface area (TPSA) is 49.9 Å². The number of hydrogen-bond acceptors (Lipinski definition) is 3. The lowest BCUT2D eigenvalue weighted by atomic mass is 9.89. The van der Waals surface area contributed by atoms with Crippen LogP contribution in [-0.2, 0) is 24.2 Å². The van der Waals surface area contributed by atoms with E-state index in [0.717, 1.165) is 23.1 Å². The molecular weight excluding hydrogens is 412 g/mol. The predicted octanol–water partition coefficient (Wildman–Crippen LogP) is 5.07. The van der Waals surface area contributed by atoms with E-state index in [1.165, 1.54) is 11.1 Å². The van der Waals surface area contributed by atoms with Crippen LogP contribution in [0.25, 0.3) is 0 Å². The molecule has 0 aromatic heterocycles. The first-order chi connectivity index (χ1) is 16.0. The van der Waals surface area contributed by atoms with Crippen LogP contribution in [0.15, 0.2) is 72.8 Å². The van der Waals surface area contributed by atoms with Crippen LogP contribution in [0.2, 0.25) is 0 Å². The molecule has 1 unspecified atom stereocenters. The first-order valence-corrected chi connectivity index (χ1v) is 11.5. The second-order valence-corrected chi connectivity index (χ2v) is 9.01. The van der Waals surface area contributed by atoms with Crippen molar-refractivity contribution < 1.29 is 14.3 Å². The summed E-state index contributed by atoms with van der Waals surface area (Å²) >= 11 is 0. The van der Waals surface area contributed by atoms with Gasteiger partial charge in [0.15, 0.2) is 0 Å². The number of ether oxygens (including phenoxy) is 1. The van der Waals surface area contributed by atoms with E-state index in [1.807, 2.05) is 60.4 Å². The van der Waals surface area contributed by atoms with Crippen LogP contribution in [0.5, 0.6) is 5.75 Å². The maximum atomic E-state index is 14.0. The van der Waals surface area contributed by atoms with Crippen molar-refractivity contribution in [2.75, 3.05) is 6.54 Å². The molecule has 33 heavy (non-hydrogen) atoms. The largest absolute Gasteiger partial charge is 0.416 e. The summed E-state index contributed by atoms with van der Waals surface area (Å²) in [6, 6.07) is 22.9. The van der Waals surface area contributed by atoms with Gasteiger partial charge in [-0.15, -0.1) is 0 Å². The van der Waals surface area contributed by atoms with Crippen LogP contribution in [0.4, 0.5) is 4.79 Å². The van der Waals surface area contributed by atoms with Crippen molar-refractivity contribution in [3.8, 4) is 5.75 Å². The van der Waals surface area contributed by atoms with Crippen molar-refractivity contribution >= 4 is 12.0 Å². The molecule has 2 aliphatic heterocycles. The van der Waals surface area contributed by atoms with Crippen molar-refractivity contribution in [1.82, 2.24) is 9.80 Å². The van der Waals surface area contributed by atoms with Gasteiger partial charge >= 0.3 is 6.09 Å². The molecule has 2 heterocycles. The Hall–Kier alpha value is -3.60. The smallest absolute Gasteiger partial charge is 0.410 e. The van der Waals surface area contributed by atoms with Gasteiger partial charge in [-0.1, -0.05) is 66.2 Å². The van der Waals surface area contributed by atoms with Gasteiger partial charge in [-0.2, -0.15) is 0 Å². The molecule has 0 N–H and O–H groups in total. The summed E-state index contributed by atoms with van der Waals surface area (Å²) in [6.07, 6.45) is 1.02. The molecule has 0 saturated heterocycles. The van der Waals surface area contributed by atoms with Crippen LogP contribution in [-0.4, -0.2) is 34.4 Å². The number of carbonyl (C=O) groups excluding carboxylic acids is 2. The Morgan fingerprint density at radius 1 is 0.848 bits per heavy atom. The maximum Gasteiger partial charge on any atom is 0.416 e. The summed E-state index contributed by atoms with van der Waals surface area (Å²) in [5.41, 5.74) is 5.55. The second-order valence-electron chi connectivity index (χ2n) is 9.01. The quantitative estimate of drug-likeness (QED) is 0.559. The third-order valence-electron chi connectivity index (χ3n) is 6.77. The Bertz CT molecular complexity index is 1190. The number of aryl methyl sites for hydroxylation is 1. The minimum Gasteiger partial charge on any atom is -0.410 e. The summed E-state index contributed by atoms with van der Waals surface area (Å²) in [5.74, 6) is 0.431. The van der Waals surface area contributed by atoms with E-state index in [1.54, 1.807) is 17.0 Å². The molecule has 2 atom stereocenters. The van der Waals surface area contributed by atoms with Gasteiger partial charge in [0.1, 0.15) is 11.8 Å². The molecule has 0 radical (unpaired) electrons. The summed E-state index contributed by atoms with van der Waals surface area (Å²) in [7, 11) is 0. The molecular formula is C28H28N2O3. The van der Waals surface area contributed by atoms with Crippen molar-refractivity contribution in [2.45, 2.75) is 45.3 Å². The average Bonchev–Trinajstić information content (AvgIpc) is 2.83. The fourth-order valence-electron chi connectivity index (χ4n) is 4.93. The fraction of sp³-hybridized carbons (Fsp3) is 0.286. The molecule has 3 aromatic rings. The van der Waals surface area contributed by atoms with Gasteiger partial charge < -0.3 is 9.64 Å².